The van der Waals surface area contributed by atoms with Gasteiger partial charge in [-0.3, -0.25) is 4.79 Å². The van der Waals surface area contributed by atoms with Gasteiger partial charge in [0.05, 0.1) is 5.69 Å². The SMILES string of the molecule is Cc1sc(C(=O)c2ccccc2)nc1-c1cccc(Br)c1. The van der Waals surface area contributed by atoms with Crippen LogP contribution in [0.1, 0.15) is 20.2 Å². The zero-order valence-electron chi connectivity index (χ0n) is 11.3. The van der Waals surface area contributed by atoms with E-state index in [9.17, 15) is 4.79 Å². The normalized spacial score (nSPS) is 10.6. The molecule has 21 heavy (non-hydrogen) atoms. The summed E-state index contributed by atoms with van der Waals surface area (Å²) in [6.07, 6.45) is 0. The molecule has 0 unspecified atom stereocenters. The number of carbonyl (C=O) groups excluding carboxylic acids is 1. The highest BCUT2D eigenvalue weighted by molar-refractivity contribution is 9.10. The minimum Gasteiger partial charge on any atom is -0.286 e. The topological polar surface area (TPSA) is 30.0 Å². The van der Waals surface area contributed by atoms with Crippen LogP contribution in [-0.2, 0) is 0 Å². The van der Waals surface area contributed by atoms with Crippen LogP contribution in [0.2, 0.25) is 0 Å². The van der Waals surface area contributed by atoms with E-state index in [0.29, 0.717) is 10.6 Å². The summed E-state index contributed by atoms with van der Waals surface area (Å²) in [5.41, 5.74) is 2.57. The van der Waals surface area contributed by atoms with Gasteiger partial charge in [-0.25, -0.2) is 4.98 Å². The van der Waals surface area contributed by atoms with E-state index in [1.807, 2.05) is 61.5 Å². The van der Waals surface area contributed by atoms with Crippen molar-refractivity contribution in [2.24, 2.45) is 0 Å². The molecule has 0 amide bonds. The maximum absolute atomic E-state index is 12.4. The van der Waals surface area contributed by atoms with Crippen molar-refractivity contribution in [3.63, 3.8) is 0 Å². The zero-order chi connectivity index (χ0) is 14.8. The van der Waals surface area contributed by atoms with Crippen LogP contribution in [0.4, 0.5) is 0 Å². The first-order valence-corrected chi connectivity index (χ1v) is 8.09. The number of aromatic nitrogens is 1. The summed E-state index contributed by atoms with van der Waals surface area (Å²) in [4.78, 5) is 18.0. The molecule has 0 fully saturated rings. The Labute approximate surface area is 135 Å². The number of hydrogen-bond donors (Lipinski definition) is 0. The minimum absolute atomic E-state index is 0.0232. The van der Waals surface area contributed by atoms with Crippen LogP contribution in [-0.4, -0.2) is 10.8 Å². The van der Waals surface area contributed by atoms with Gasteiger partial charge in [0.25, 0.3) is 0 Å². The highest BCUT2D eigenvalue weighted by Crippen LogP contribution is 2.30. The largest absolute Gasteiger partial charge is 0.286 e. The molecule has 0 bridgehead atoms. The second-order valence-electron chi connectivity index (χ2n) is 4.63. The van der Waals surface area contributed by atoms with Gasteiger partial charge in [-0.2, -0.15) is 0 Å². The van der Waals surface area contributed by atoms with Gasteiger partial charge in [-0.1, -0.05) is 58.4 Å². The van der Waals surface area contributed by atoms with Gasteiger partial charge in [-0.15, -0.1) is 11.3 Å². The molecular weight excluding hydrogens is 346 g/mol. The van der Waals surface area contributed by atoms with Gasteiger partial charge >= 0.3 is 0 Å². The number of hydrogen-bond acceptors (Lipinski definition) is 3. The molecule has 3 aromatic rings. The highest BCUT2D eigenvalue weighted by Gasteiger charge is 2.17. The van der Waals surface area contributed by atoms with Crippen molar-refractivity contribution in [2.75, 3.05) is 0 Å². The molecular formula is C17H12BrNOS. The second-order valence-corrected chi connectivity index (χ2v) is 6.75. The molecule has 4 heteroatoms. The summed E-state index contributed by atoms with van der Waals surface area (Å²) in [7, 11) is 0. The quantitative estimate of drug-likeness (QED) is 0.609. The van der Waals surface area contributed by atoms with Gasteiger partial charge in [0.15, 0.2) is 5.01 Å². The van der Waals surface area contributed by atoms with Crippen LogP contribution in [0.25, 0.3) is 11.3 Å². The highest BCUT2D eigenvalue weighted by atomic mass is 79.9. The van der Waals surface area contributed by atoms with Gasteiger partial charge in [0.1, 0.15) is 0 Å². The summed E-state index contributed by atoms with van der Waals surface area (Å²) >= 11 is 4.91. The van der Waals surface area contributed by atoms with Crippen molar-refractivity contribution in [2.45, 2.75) is 6.92 Å². The third-order valence-corrected chi connectivity index (χ3v) is 4.59. The van der Waals surface area contributed by atoms with E-state index in [1.165, 1.54) is 11.3 Å². The Morgan fingerprint density at radius 3 is 2.57 bits per heavy atom. The summed E-state index contributed by atoms with van der Waals surface area (Å²) in [5, 5.41) is 0.536. The van der Waals surface area contributed by atoms with Gasteiger partial charge < -0.3 is 0 Å². The summed E-state index contributed by atoms with van der Waals surface area (Å²) in [6, 6.07) is 17.2. The Kier molecular flexibility index (Phi) is 3.99. The molecule has 2 nitrogen and oxygen atoms in total. The number of nitrogens with zero attached hydrogens (tertiary/aromatic N) is 1. The van der Waals surface area contributed by atoms with Gasteiger partial charge in [0, 0.05) is 20.5 Å². The Morgan fingerprint density at radius 1 is 1.10 bits per heavy atom. The van der Waals surface area contributed by atoms with Crippen molar-refractivity contribution >= 4 is 33.0 Å². The van der Waals surface area contributed by atoms with Crippen molar-refractivity contribution in [3.05, 3.63) is 74.5 Å². The fraction of sp³-hybridized carbons (Fsp3) is 0.0588. The molecule has 0 aliphatic heterocycles. The maximum Gasteiger partial charge on any atom is 0.221 e. The molecule has 3 rings (SSSR count). The predicted octanol–water partition coefficient (Wildman–Crippen LogP) is 5.11. The Balaban J connectivity index is 2.00. The lowest BCUT2D eigenvalue weighted by Gasteiger charge is -1.99. The molecule has 0 saturated heterocycles. The number of halogens is 1. The average Bonchev–Trinajstić information content (AvgIpc) is 2.89. The van der Waals surface area contributed by atoms with Crippen LogP contribution < -0.4 is 0 Å². The van der Waals surface area contributed by atoms with Crippen LogP contribution in [0.15, 0.2) is 59.1 Å². The van der Waals surface area contributed by atoms with E-state index < -0.39 is 0 Å². The Morgan fingerprint density at radius 2 is 1.86 bits per heavy atom. The fourth-order valence-electron chi connectivity index (χ4n) is 2.11. The predicted molar refractivity (Wildman–Crippen MR) is 89.9 cm³/mol. The number of ketones is 1. The average molecular weight is 358 g/mol. The van der Waals surface area contributed by atoms with E-state index in [-0.39, 0.29) is 5.78 Å². The van der Waals surface area contributed by atoms with E-state index >= 15 is 0 Å². The molecule has 2 aromatic carbocycles. The van der Waals surface area contributed by atoms with Crippen molar-refractivity contribution in [1.82, 2.24) is 4.98 Å². The Bertz CT molecular complexity index is 796. The molecule has 104 valence electrons. The van der Waals surface area contributed by atoms with Crippen molar-refractivity contribution in [3.8, 4) is 11.3 Å². The number of rotatable bonds is 3. The minimum atomic E-state index is -0.0232. The fourth-order valence-corrected chi connectivity index (χ4v) is 3.41. The number of carbonyl (C=O) groups is 1. The smallest absolute Gasteiger partial charge is 0.221 e. The molecule has 1 aromatic heterocycles. The Hall–Kier alpha value is -1.78. The summed E-state index contributed by atoms with van der Waals surface area (Å²) in [5.74, 6) is -0.0232. The zero-order valence-corrected chi connectivity index (χ0v) is 13.7. The van der Waals surface area contributed by atoms with Crippen LogP contribution in [0.5, 0.6) is 0 Å². The van der Waals surface area contributed by atoms with Crippen LogP contribution in [0, 0.1) is 6.92 Å². The molecule has 1 heterocycles. The standard InChI is InChI=1S/C17H12BrNOS/c1-11-15(13-8-5-9-14(18)10-13)19-17(21-11)16(20)12-6-3-2-4-7-12/h2-10H,1H3. The molecule has 0 aliphatic rings. The second kappa shape index (κ2) is 5.92. The monoisotopic (exact) mass is 357 g/mol. The lowest BCUT2D eigenvalue weighted by atomic mass is 10.1. The lowest BCUT2D eigenvalue weighted by Crippen LogP contribution is -1.99. The number of benzene rings is 2. The van der Waals surface area contributed by atoms with E-state index in [4.69, 9.17) is 0 Å². The molecule has 0 N–H and O–H groups in total. The summed E-state index contributed by atoms with van der Waals surface area (Å²) < 4.78 is 1.00. The maximum atomic E-state index is 12.4. The van der Waals surface area contributed by atoms with Crippen LogP contribution >= 0.6 is 27.3 Å². The lowest BCUT2D eigenvalue weighted by molar-refractivity contribution is 0.103. The molecule has 0 saturated carbocycles. The van der Waals surface area contributed by atoms with E-state index in [2.05, 4.69) is 20.9 Å². The first kappa shape index (κ1) is 14.2. The summed E-state index contributed by atoms with van der Waals surface area (Å²) in [6.45, 7) is 2.00. The first-order valence-electron chi connectivity index (χ1n) is 6.48. The third-order valence-electron chi connectivity index (χ3n) is 3.12. The van der Waals surface area contributed by atoms with Crippen LogP contribution in [0.3, 0.4) is 0 Å². The van der Waals surface area contributed by atoms with Crippen molar-refractivity contribution < 1.29 is 4.79 Å². The molecule has 0 aliphatic carbocycles. The molecule has 0 spiro atoms. The first-order chi connectivity index (χ1) is 10.1. The van der Waals surface area contributed by atoms with E-state index in [0.717, 1.165) is 20.6 Å². The number of aryl methyl sites for hydroxylation is 1. The third kappa shape index (κ3) is 2.96. The molecule has 0 atom stereocenters. The molecule has 0 radical (unpaired) electrons. The van der Waals surface area contributed by atoms with Crippen molar-refractivity contribution in [1.29, 1.82) is 0 Å². The van der Waals surface area contributed by atoms with E-state index in [1.54, 1.807) is 0 Å². The van der Waals surface area contributed by atoms with Gasteiger partial charge in [-0.05, 0) is 19.1 Å². The number of thiazole rings is 1. The van der Waals surface area contributed by atoms with Gasteiger partial charge in [0.2, 0.25) is 5.78 Å².